The molecule has 1 saturated carbocycles. The first-order valence-electron chi connectivity index (χ1n) is 7.31. The molecular weight excluding hydrogens is 266 g/mol. The van der Waals surface area contributed by atoms with E-state index in [1.807, 2.05) is 12.1 Å². The molecule has 21 heavy (non-hydrogen) atoms. The number of benzene rings is 1. The number of nitrogens with one attached hydrogen (secondary N) is 1. The molecule has 0 spiro atoms. The highest BCUT2D eigenvalue weighted by atomic mass is 16.5. The Hall–Kier alpha value is -1.42. The molecule has 1 aromatic carbocycles. The lowest BCUT2D eigenvalue weighted by Gasteiger charge is -2.15. The number of ether oxygens (including phenoxy) is 3. The molecule has 1 N–H and O–H groups in total. The standard InChI is InChI=1S/C17H27NO3/c1-16(2)15(17(16,3)4)18-10-11-8-13(20-6)14(21-7)9-12(11)19-5/h8-9,15,18H,10H2,1-7H3. The molecule has 0 radical (unpaired) electrons. The zero-order chi connectivity index (χ0) is 15.8. The summed E-state index contributed by atoms with van der Waals surface area (Å²) < 4.78 is 16.2. The van der Waals surface area contributed by atoms with E-state index in [0.717, 1.165) is 23.6 Å². The van der Waals surface area contributed by atoms with Crippen molar-refractivity contribution < 1.29 is 14.2 Å². The van der Waals surface area contributed by atoms with Gasteiger partial charge in [0, 0.05) is 24.2 Å². The van der Waals surface area contributed by atoms with Crippen molar-refractivity contribution in [3.8, 4) is 17.2 Å². The van der Waals surface area contributed by atoms with Crippen LogP contribution in [0.2, 0.25) is 0 Å². The molecular formula is C17H27NO3. The highest BCUT2D eigenvalue weighted by Crippen LogP contribution is 2.62. The average Bonchev–Trinajstić information content (AvgIpc) is 2.85. The minimum Gasteiger partial charge on any atom is -0.496 e. The fourth-order valence-electron chi connectivity index (χ4n) is 3.15. The van der Waals surface area contributed by atoms with Gasteiger partial charge in [-0.05, 0) is 16.9 Å². The van der Waals surface area contributed by atoms with Crippen LogP contribution < -0.4 is 19.5 Å². The lowest BCUT2D eigenvalue weighted by molar-refractivity contribution is 0.347. The zero-order valence-electron chi connectivity index (χ0n) is 14.2. The fraction of sp³-hybridized carbons (Fsp3) is 0.647. The van der Waals surface area contributed by atoms with Crippen LogP contribution in [0.3, 0.4) is 0 Å². The third kappa shape index (κ3) is 2.57. The predicted octanol–water partition coefficient (Wildman–Crippen LogP) is 3.24. The Kier molecular flexibility index (Phi) is 4.11. The van der Waals surface area contributed by atoms with Crippen molar-refractivity contribution in [1.29, 1.82) is 0 Å². The largest absolute Gasteiger partial charge is 0.496 e. The van der Waals surface area contributed by atoms with Crippen LogP contribution in [-0.4, -0.2) is 27.4 Å². The third-order valence-corrected chi connectivity index (χ3v) is 5.30. The Morgan fingerprint density at radius 1 is 0.857 bits per heavy atom. The summed E-state index contributed by atoms with van der Waals surface area (Å²) in [6.45, 7) is 9.96. The van der Waals surface area contributed by atoms with Crippen LogP contribution in [-0.2, 0) is 6.54 Å². The number of hydrogen-bond acceptors (Lipinski definition) is 4. The van der Waals surface area contributed by atoms with E-state index < -0.39 is 0 Å². The van der Waals surface area contributed by atoms with Gasteiger partial charge in [0.05, 0.1) is 21.3 Å². The van der Waals surface area contributed by atoms with Gasteiger partial charge in [0.15, 0.2) is 11.5 Å². The topological polar surface area (TPSA) is 39.7 Å². The van der Waals surface area contributed by atoms with E-state index in [2.05, 4.69) is 33.0 Å². The molecule has 1 aliphatic carbocycles. The van der Waals surface area contributed by atoms with E-state index in [0.29, 0.717) is 22.6 Å². The smallest absolute Gasteiger partial charge is 0.164 e. The number of hydrogen-bond donors (Lipinski definition) is 1. The van der Waals surface area contributed by atoms with Gasteiger partial charge < -0.3 is 19.5 Å². The highest BCUT2D eigenvalue weighted by molar-refractivity contribution is 5.50. The second-order valence-electron chi connectivity index (χ2n) is 6.78. The Morgan fingerprint density at radius 2 is 1.33 bits per heavy atom. The van der Waals surface area contributed by atoms with Crippen LogP contribution in [0.1, 0.15) is 33.3 Å². The minimum atomic E-state index is 0.316. The first-order chi connectivity index (χ1) is 9.79. The maximum absolute atomic E-state index is 5.47. The van der Waals surface area contributed by atoms with Gasteiger partial charge >= 0.3 is 0 Å². The van der Waals surface area contributed by atoms with Crippen molar-refractivity contribution in [3.63, 3.8) is 0 Å². The minimum absolute atomic E-state index is 0.316. The van der Waals surface area contributed by atoms with Crippen molar-refractivity contribution in [2.24, 2.45) is 10.8 Å². The molecule has 0 saturated heterocycles. The molecule has 1 aliphatic rings. The molecule has 118 valence electrons. The molecule has 0 heterocycles. The summed E-state index contributed by atoms with van der Waals surface area (Å²) >= 11 is 0. The average molecular weight is 293 g/mol. The van der Waals surface area contributed by atoms with Crippen LogP contribution in [0.25, 0.3) is 0 Å². The lowest BCUT2D eigenvalue weighted by Crippen LogP contribution is -2.22. The van der Waals surface area contributed by atoms with Gasteiger partial charge in [0.2, 0.25) is 0 Å². The van der Waals surface area contributed by atoms with E-state index in [-0.39, 0.29) is 0 Å². The van der Waals surface area contributed by atoms with E-state index in [1.165, 1.54) is 0 Å². The monoisotopic (exact) mass is 293 g/mol. The van der Waals surface area contributed by atoms with Gasteiger partial charge in [-0.1, -0.05) is 27.7 Å². The van der Waals surface area contributed by atoms with Crippen LogP contribution >= 0.6 is 0 Å². The maximum Gasteiger partial charge on any atom is 0.164 e. The number of rotatable bonds is 6. The second-order valence-corrected chi connectivity index (χ2v) is 6.78. The van der Waals surface area contributed by atoms with Crippen molar-refractivity contribution >= 4 is 0 Å². The van der Waals surface area contributed by atoms with Gasteiger partial charge in [0.25, 0.3) is 0 Å². The third-order valence-electron chi connectivity index (χ3n) is 5.30. The predicted molar refractivity (Wildman–Crippen MR) is 84.3 cm³/mol. The summed E-state index contributed by atoms with van der Waals surface area (Å²) in [6, 6.07) is 4.36. The van der Waals surface area contributed by atoms with Gasteiger partial charge in [-0.15, -0.1) is 0 Å². The molecule has 4 heteroatoms. The first-order valence-corrected chi connectivity index (χ1v) is 7.31. The molecule has 2 rings (SSSR count). The normalized spacial score (nSPS) is 19.2. The quantitative estimate of drug-likeness (QED) is 0.874. The summed E-state index contributed by atoms with van der Waals surface area (Å²) in [6.07, 6.45) is 0. The van der Waals surface area contributed by atoms with Crippen molar-refractivity contribution in [2.75, 3.05) is 21.3 Å². The van der Waals surface area contributed by atoms with Gasteiger partial charge in [0.1, 0.15) is 5.75 Å². The second kappa shape index (κ2) is 5.41. The summed E-state index contributed by atoms with van der Waals surface area (Å²) in [5.41, 5.74) is 1.71. The fourth-order valence-corrected chi connectivity index (χ4v) is 3.15. The molecule has 0 amide bonds. The van der Waals surface area contributed by atoms with E-state index in [1.54, 1.807) is 21.3 Å². The SMILES string of the molecule is COc1cc(OC)c(OC)cc1CNC1C(C)(C)C1(C)C. The molecule has 4 nitrogen and oxygen atoms in total. The maximum atomic E-state index is 5.47. The molecule has 0 bridgehead atoms. The Balaban J connectivity index is 2.17. The summed E-state index contributed by atoms with van der Waals surface area (Å²) in [7, 11) is 4.95. The van der Waals surface area contributed by atoms with Crippen LogP contribution in [0.4, 0.5) is 0 Å². The Bertz CT molecular complexity index is 509. The summed E-state index contributed by atoms with van der Waals surface area (Å²) in [5, 5.41) is 3.64. The Morgan fingerprint density at radius 3 is 1.76 bits per heavy atom. The van der Waals surface area contributed by atoms with Crippen molar-refractivity contribution in [1.82, 2.24) is 5.32 Å². The first kappa shape index (κ1) is 16.0. The molecule has 0 unspecified atom stereocenters. The van der Waals surface area contributed by atoms with Crippen LogP contribution in [0.5, 0.6) is 17.2 Å². The summed E-state index contributed by atoms with van der Waals surface area (Å²) in [4.78, 5) is 0. The van der Waals surface area contributed by atoms with Crippen molar-refractivity contribution in [3.05, 3.63) is 17.7 Å². The van der Waals surface area contributed by atoms with Gasteiger partial charge in [-0.25, -0.2) is 0 Å². The van der Waals surface area contributed by atoms with E-state index >= 15 is 0 Å². The van der Waals surface area contributed by atoms with E-state index in [9.17, 15) is 0 Å². The van der Waals surface area contributed by atoms with Gasteiger partial charge in [-0.3, -0.25) is 0 Å². The molecule has 0 aromatic heterocycles. The molecule has 1 fully saturated rings. The summed E-state index contributed by atoms with van der Waals surface area (Å²) in [5.74, 6) is 2.23. The lowest BCUT2D eigenvalue weighted by atomic mass is 10.0. The number of methoxy groups -OCH3 is 3. The van der Waals surface area contributed by atoms with E-state index in [4.69, 9.17) is 14.2 Å². The van der Waals surface area contributed by atoms with Gasteiger partial charge in [-0.2, -0.15) is 0 Å². The van der Waals surface area contributed by atoms with Crippen LogP contribution in [0.15, 0.2) is 12.1 Å². The molecule has 0 atom stereocenters. The zero-order valence-corrected chi connectivity index (χ0v) is 14.2. The highest BCUT2D eigenvalue weighted by Gasteiger charge is 2.64. The molecule has 0 aliphatic heterocycles. The molecule has 1 aromatic rings. The van der Waals surface area contributed by atoms with Crippen molar-refractivity contribution in [2.45, 2.75) is 40.3 Å². The van der Waals surface area contributed by atoms with Crippen LogP contribution in [0, 0.1) is 10.8 Å². The Labute approximate surface area is 127 Å².